The first-order valence-electron chi connectivity index (χ1n) is 8.58. The standard InChI is InChI=1S/C21H18FNO5S/c1-12-19(21(25)28-11-16(24)13-5-4-6-15(22)9-13)29-20(23-12)14-7-8-17(26-2)18(10-14)27-3/h4-10H,11H2,1-3H3. The summed E-state index contributed by atoms with van der Waals surface area (Å²) >= 11 is 1.15. The zero-order valence-corrected chi connectivity index (χ0v) is 16.8. The average molecular weight is 415 g/mol. The number of Topliss-reactive ketones (excluding diaryl/α,β-unsaturated/α-hetero) is 1. The van der Waals surface area contributed by atoms with E-state index in [1.165, 1.54) is 25.3 Å². The normalized spacial score (nSPS) is 10.5. The number of methoxy groups -OCH3 is 2. The SMILES string of the molecule is COc1ccc(-c2nc(C)c(C(=O)OCC(=O)c3cccc(F)c3)s2)cc1OC. The Hall–Kier alpha value is -3.26. The molecule has 0 amide bonds. The van der Waals surface area contributed by atoms with E-state index in [9.17, 15) is 14.0 Å². The molecular formula is C21H18FNO5S. The van der Waals surface area contributed by atoms with Crippen LogP contribution in [0.5, 0.6) is 11.5 Å². The third-order valence-electron chi connectivity index (χ3n) is 4.09. The van der Waals surface area contributed by atoms with Crippen molar-refractivity contribution in [3.05, 3.63) is 64.4 Å². The molecule has 2 aromatic carbocycles. The molecule has 3 rings (SSSR count). The lowest BCUT2D eigenvalue weighted by atomic mass is 10.1. The van der Waals surface area contributed by atoms with Crippen molar-refractivity contribution in [1.29, 1.82) is 0 Å². The number of carbonyl (C=O) groups is 2. The summed E-state index contributed by atoms with van der Waals surface area (Å²) in [6, 6.07) is 10.5. The third kappa shape index (κ3) is 4.60. The summed E-state index contributed by atoms with van der Waals surface area (Å²) in [5, 5.41) is 0.604. The van der Waals surface area contributed by atoms with Crippen LogP contribution in [0, 0.1) is 12.7 Å². The maximum absolute atomic E-state index is 13.2. The number of aryl methyl sites for hydroxylation is 1. The van der Waals surface area contributed by atoms with Gasteiger partial charge in [-0.1, -0.05) is 12.1 Å². The second-order valence-electron chi connectivity index (χ2n) is 6.01. The molecule has 0 radical (unpaired) electrons. The molecule has 0 aliphatic heterocycles. The fraction of sp³-hybridized carbons (Fsp3) is 0.190. The number of hydrogen-bond donors (Lipinski definition) is 0. The highest BCUT2D eigenvalue weighted by Crippen LogP contribution is 2.35. The smallest absolute Gasteiger partial charge is 0.350 e. The van der Waals surface area contributed by atoms with Crippen molar-refractivity contribution < 1.29 is 28.2 Å². The summed E-state index contributed by atoms with van der Waals surface area (Å²) in [4.78, 5) is 29.2. The molecule has 150 valence electrons. The van der Waals surface area contributed by atoms with E-state index in [1.807, 2.05) is 6.07 Å². The summed E-state index contributed by atoms with van der Waals surface area (Å²) in [5.74, 6) is -0.542. The van der Waals surface area contributed by atoms with Gasteiger partial charge in [-0.25, -0.2) is 14.2 Å². The Labute approximate surface area is 170 Å². The molecule has 0 fully saturated rings. The van der Waals surface area contributed by atoms with E-state index >= 15 is 0 Å². The summed E-state index contributed by atoms with van der Waals surface area (Å²) in [6.07, 6.45) is 0. The highest BCUT2D eigenvalue weighted by molar-refractivity contribution is 7.17. The van der Waals surface area contributed by atoms with Crippen molar-refractivity contribution in [2.45, 2.75) is 6.92 Å². The molecule has 0 aliphatic rings. The lowest BCUT2D eigenvalue weighted by Gasteiger charge is -2.08. The molecule has 0 bridgehead atoms. The summed E-state index contributed by atoms with van der Waals surface area (Å²) < 4.78 is 28.9. The number of thiazole rings is 1. The number of esters is 1. The Morgan fingerprint density at radius 1 is 1.07 bits per heavy atom. The van der Waals surface area contributed by atoms with Crippen LogP contribution in [0.15, 0.2) is 42.5 Å². The van der Waals surface area contributed by atoms with Crippen molar-refractivity contribution in [2.75, 3.05) is 20.8 Å². The van der Waals surface area contributed by atoms with E-state index in [4.69, 9.17) is 14.2 Å². The summed E-state index contributed by atoms with van der Waals surface area (Å²) in [5.41, 5.74) is 1.39. The molecule has 0 N–H and O–H groups in total. The van der Waals surface area contributed by atoms with Gasteiger partial charge in [0.05, 0.1) is 19.9 Å². The largest absolute Gasteiger partial charge is 0.493 e. The fourth-order valence-electron chi connectivity index (χ4n) is 2.62. The van der Waals surface area contributed by atoms with Crippen LogP contribution < -0.4 is 9.47 Å². The molecule has 3 aromatic rings. The van der Waals surface area contributed by atoms with Crippen LogP contribution in [-0.4, -0.2) is 37.6 Å². The van der Waals surface area contributed by atoms with Crippen molar-refractivity contribution in [2.24, 2.45) is 0 Å². The Morgan fingerprint density at radius 3 is 2.52 bits per heavy atom. The van der Waals surface area contributed by atoms with E-state index in [-0.39, 0.29) is 5.56 Å². The van der Waals surface area contributed by atoms with Crippen LogP contribution in [0.2, 0.25) is 0 Å². The van der Waals surface area contributed by atoms with Gasteiger partial charge >= 0.3 is 5.97 Å². The van der Waals surface area contributed by atoms with Crippen molar-refractivity contribution in [3.8, 4) is 22.1 Å². The van der Waals surface area contributed by atoms with E-state index in [1.54, 1.807) is 26.2 Å². The second kappa shape index (κ2) is 8.83. The Kier molecular flexibility index (Phi) is 6.23. The van der Waals surface area contributed by atoms with Gasteiger partial charge in [0.25, 0.3) is 0 Å². The van der Waals surface area contributed by atoms with E-state index in [0.29, 0.717) is 27.1 Å². The van der Waals surface area contributed by atoms with Gasteiger partial charge in [-0.05, 0) is 37.3 Å². The van der Waals surface area contributed by atoms with Crippen LogP contribution in [0.1, 0.15) is 25.7 Å². The average Bonchev–Trinajstić information content (AvgIpc) is 3.12. The first-order valence-corrected chi connectivity index (χ1v) is 9.40. The number of benzene rings is 2. The molecule has 6 nitrogen and oxygen atoms in total. The minimum absolute atomic E-state index is 0.143. The molecule has 0 saturated carbocycles. The molecular weight excluding hydrogens is 397 g/mol. The Morgan fingerprint density at radius 2 is 1.83 bits per heavy atom. The van der Waals surface area contributed by atoms with Crippen molar-refractivity contribution >= 4 is 23.1 Å². The zero-order chi connectivity index (χ0) is 21.0. The predicted octanol–water partition coefficient (Wildman–Crippen LogP) is 4.31. The number of rotatable bonds is 7. The van der Waals surface area contributed by atoms with Gasteiger partial charge in [0.1, 0.15) is 15.7 Å². The monoisotopic (exact) mass is 415 g/mol. The molecule has 0 aliphatic carbocycles. The Bertz CT molecular complexity index is 1060. The zero-order valence-electron chi connectivity index (χ0n) is 16.0. The summed E-state index contributed by atoms with van der Waals surface area (Å²) in [7, 11) is 3.08. The van der Waals surface area contributed by atoms with Crippen LogP contribution in [0.25, 0.3) is 10.6 Å². The van der Waals surface area contributed by atoms with Crippen molar-refractivity contribution in [3.63, 3.8) is 0 Å². The molecule has 8 heteroatoms. The molecule has 0 spiro atoms. The summed E-state index contributed by atoms with van der Waals surface area (Å²) in [6.45, 7) is 1.21. The number of nitrogens with zero attached hydrogens (tertiary/aromatic N) is 1. The molecule has 29 heavy (non-hydrogen) atoms. The van der Waals surface area contributed by atoms with Crippen LogP contribution in [0.4, 0.5) is 4.39 Å². The maximum Gasteiger partial charge on any atom is 0.350 e. The molecule has 0 atom stereocenters. The minimum atomic E-state index is -0.656. The lowest BCUT2D eigenvalue weighted by molar-refractivity contribution is 0.0478. The van der Waals surface area contributed by atoms with Gasteiger partial charge < -0.3 is 14.2 Å². The minimum Gasteiger partial charge on any atom is -0.493 e. The topological polar surface area (TPSA) is 74.7 Å². The van der Waals surface area contributed by atoms with Gasteiger partial charge in [0, 0.05) is 11.1 Å². The van der Waals surface area contributed by atoms with Crippen LogP contribution >= 0.6 is 11.3 Å². The van der Waals surface area contributed by atoms with E-state index in [0.717, 1.165) is 23.0 Å². The second-order valence-corrected chi connectivity index (χ2v) is 7.01. The van der Waals surface area contributed by atoms with Gasteiger partial charge in [-0.2, -0.15) is 0 Å². The molecule has 1 aromatic heterocycles. The van der Waals surface area contributed by atoms with E-state index < -0.39 is 24.2 Å². The molecule has 0 unspecified atom stereocenters. The number of ether oxygens (including phenoxy) is 3. The molecule has 0 saturated heterocycles. The maximum atomic E-state index is 13.2. The van der Waals surface area contributed by atoms with Gasteiger partial charge in [-0.3, -0.25) is 4.79 Å². The number of ketones is 1. The number of aromatic nitrogens is 1. The Balaban J connectivity index is 1.74. The predicted molar refractivity (Wildman–Crippen MR) is 106 cm³/mol. The van der Waals surface area contributed by atoms with E-state index in [2.05, 4.69) is 4.98 Å². The first kappa shape index (κ1) is 20.5. The number of carbonyl (C=O) groups excluding carboxylic acids is 2. The highest BCUT2D eigenvalue weighted by atomic mass is 32.1. The number of hydrogen-bond acceptors (Lipinski definition) is 7. The lowest BCUT2D eigenvalue weighted by Crippen LogP contribution is -2.14. The van der Waals surface area contributed by atoms with Gasteiger partial charge in [0.2, 0.25) is 0 Å². The number of halogens is 1. The van der Waals surface area contributed by atoms with Gasteiger partial charge in [-0.15, -0.1) is 11.3 Å². The van der Waals surface area contributed by atoms with Crippen molar-refractivity contribution in [1.82, 2.24) is 4.98 Å². The quantitative estimate of drug-likeness (QED) is 0.423. The van der Waals surface area contributed by atoms with Crippen LogP contribution in [0.3, 0.4) is 0 Å². The van der Waals surface area contributed by atoms with Gasteiger partial charge in [0.15, 0.2) is 23.9 Å². The molecule has 1 heterocycles. The first-order chi connectivity index (χ1) is 13.9. The third-order valence-corrected chi connectivity index (χ3v) is 5.28. The fourth-order valence-corrected chi connectivity index (χ4v) is 3.58. The highest BCUT2D eigenvalue weighted by Gasteiger charge is 2.20. The van der Waals surface area contributed by atoms with Crippen LogP contribution in [-0.2, 0) is 4.74 Å².